The van der Waals surface area contributed by atoms with Crippen LogP contribution in [0.5, 0.6) is 0 Å². The summed E-state index contributed by atoms with van der Waals surface area (Å²) < 4.78 is 16.0. The van der Waals surface area contributed by atoms with Crippen LogP contribution in [0.4, 0.5) is 0 Å². The molecule has 0 aromatic heterocycles. The molecule has 0 spiro atoms. The number of nitrogens with two attached hydrogens (primary N) is 1. The monoisotopic (exact) mass is 468 g/mol. The summed E-state index contributed by atoms with van der Waals surface area (Å²) in [5.41, 5.74) is 3.11. The molecule has 3 fully saturated rings. The maximum absolute atomic E-state index is 13.3. The smallest absolute Gasteiger partial charge is 0.243 e. The number of morpholine rings is 1. The minimum absolute atomic E-state index is 0.0718. The number of hydrogen-bond donors (Lipinski definition) is 3. The van der Waals surface area contributed by atoms with Crippen LogP contribution in [-0.4, -0.2) is 98.3 Å². The molecule has 11 heteroatoms. The molecule has 0 saturated carbocycles. The maximum atomic E-state index is 13.3. The molecule has 0 aromatic rings. The number of hydrogen-bond acceptors (Lipinski definition) is 8. The minimum Gasteiger partial charge on any atom is -0.381 e. The zero-order valence-corrected chi connectivity index (χ0v) is 19.7. The number of amides is 3. The van der Waals surface area contributed by atoms with Crippen molar-refractivity contribution >= 4 is 23.5 Å². The molecule has 4 N–H and O–H groups in total. The Bertz CT molecular complexity index is 760. The number of ketones is 1. The average Bonchev–Trinajstić information content (AvgIpc) is 3.31. The Balaban J connectivity index is 1.68. The second-order valence-electron chi connectivity index (χ2n) is 9.64. The van der Waals surface area contributed by atoms with Crippen LogP contribution < -0.4 is 16.4 Å². The van der Waals surface area contributed by atoms with Crippen LogP contribution in [0.15, 0.2) is 0 Å². The van der Waals surface area contributed by atoms with E-state index in [1.54, 1.807) is 6.92 Å². The van der Waals surface area contributed by atoms with Crippen LogP contribution >= 0.6 is 0 Å². The fraction of sp³-hybridized carbons (Fsp3) is 0.818. The van der Waals surface area contributed by atoms with Crippen LogP contribution in [0.1, 0.15) is 33.6 Å². The quantitative estimate of drug-likeness (QED) is 0.313. The topological polar surface area (TPSA) is 153 Å². The van der Waals surface area contributed by atoms with Gasteiger partial charge < -0.3 is 30.6 Å². The van der Waals surface area contributed by atoms with Crippen molar-refractivity contribution in [3.63, 3.8) is 0 Å². The fourth-order valence-electron chi connectivity index (χ4n) is 4.33. The molecule has 1 unspecified atom stereocenters. The predicted octanol–water partition coefficient (Wildman–Crippen LogP) is -1.42. The number of primary amides is 1. The lowest BCUT2D eigenvalue weighted by atomic mass is 9.73. The number of carbonyl (C=O) groups excluding carboxylic acids is 4. The lowest BCUT2D eigenvalue weighted by Crippen LogP contribution is -2.65. The number of epoxide rings is 1. The van der Waals surface area contributed by atoms with Gasteiger partial charge in [-0.05, 0) is 39.5 Å². The summed E-state index contributed by atoms with van der Waals surface area (Å²) in [4.78, 5) is 53.2. The normalized spacial score (nSPS) is 28.9. The number of nitrogens with zero attached hydrogens (tertiary/aromatic N) is 1. The Hall–Kier alpha value is -2.08. The number of rotatable bonds is 11. The van der Waals surface area contributed by atoms with Crippen molar-refractivity contribution < 1.29 is 33.4 Å². The molecule has 0 bridgehead atoms. The van der Waals surface area contributed by atoms with Crippen molar-refractivity contribution in [1.82, 2.24) is 15.5 Å². The van der Waals surface area contributed by atoms with Gasteiger partial charge in [0.2, 0.25) is 17.7 Å². The van der Waals surface area contributed by atoms with E-state index in [2.05, 4.69) is 10.6 Å². The summed E-state index contributed by atoms with van der Waals surface area (Å²) in [5.74, 6) is -2.79. The van der Waals surface area contributed by atoms with E-state index in [0.29, 0.717) is 45.9 Å². The van der Waals surface area contributed by atoms with Gasteiger partial charge in [-0.1, -0.05) is 0 Å². The molecule has 186 valence electrons. The molecule has 3 saturated heterocycles. The van der Waals surface area contributed by atoms with E-state index in [0.717, 1.165) is 6.42 Å². The van der Waals surface area contributed by atoms with Crippen LogP contribution in [0.2, 0.25) is 0 Å². The Labute approximate surface area is 194 Å². The van der Waals surface area contributed by atoms with E-state index < -0.39 is 34.9 Å². The molecule has 3 aliphatic rings. The van der Waals surface area contributed by atoms with Crippen molar-refractivity contribution in [2.75, 3.05) is 52.7 Å². The van der Waals surface area contributed by atoms with Crippen LogP contribution in [0, 0.1) is 11.8 Å². The van der Waals surface area contributed by atoms with Crippen molar-refractivity contribution in [3.8, 4) is 0 Å². The number of carbonyl (C=O) groups is 4. The summed E-state index contributed by atoms with van der Waals surface area (Å²) in [7, 11) is 0. The predicted molar refractivity (Wildman–Crippen MR) is 117 cm³/mol. The zero-order chi connectivity index (χ0) is 24.2. The van der Waals surface area contributed by atoms with Crippen LogP contribution in [-0.2, 0) is 33.4 Å². The first kappa shape index (κ1) is 25.5. The zero-order valence-electron chi connectivity index (χ0n) is 19.7. The Morgan fingerprint density at radius 3 is 2.39 bits per heavy atom. The number of nitrogens with one attached hydrogen (secondary N) is 2. The Morgan fingerprint density at radius 1 is 1.18 bits per heavy atom. The summed E-state index contributed by atoms with van der Waals surface area (Å²) in [6, 6.07) is -0.921. The van der Waals surface area contributed by atoms with E-state index in [1.807, 2.05) is 4.90 Å². The standard InChI is InChI=1S/C22H36N4O7/c1-14(24-17(27)11-26-5-8-31-9-6-26)19(29)25-22(3,20(23)30)16(10-15-4-7-32-12-15)18(28)21(2)13-33-21/h14-16H,4-13H2,1-3H3,(H2,23,30)(H,24,27)(H,25,29)/t14-,15-,16+,21+,22?/m0/s1. The lowest BCUT2D eigenvalue weighted by molar-refractivity contribution is -0.141. The van der Waals surface area contributed by atoms with E-state index in [4.69, 9.17) is 19.9 Å². The van der Waals surface area contributed by atoms with E-state index >= 15 is 0 Å². The summed E-state index contributed by atoms with van der Waals surface area (Å²) in [6.45, 7) is 8.56. The molecular formula is C22H36N4O7. The average molecular weight is 469 g/mol. The first-order chi connectivity index (χ1) is 15.5. The van der Waals surface area contributed by atoms with E-state index in [1.165, 1.54) is 13.8 Å². The fourth-order valence-corrected chi connectivity index (χ4v) is 4.33. The summed E-state index contributed by atoms with van der Waals surface area (Å²) >= 11 is 0. The second-order valence-corrected chi connectivity index (χ2v) is 9.64. The molecule has 33 heavy (non-hydrogen) atoms. The Kier molecular flexibility index (Phi) is 8.09. The Morgan fingerprint density at radius 2 is 1.85 bits per heavy atom. The van der Waals surface area contributed by atoms with Crippen molar-refractivity contribution in [2.24, 2.45) is 17.6 Å². The third-order valence-corrected chi connectivity index (χ3v) is 6.84. The van der Waals surface area contributed by atoms with E-state index in [-0.39, 0.29) is 30.8 Å². The van der Waals surface area contributed by atoms with Gasteiger partial charge in [-0.15, -0.1) is 0 Å². The van der Waals surface area contributed by atoms with Crippen molar-refractivity contribution in [1.29, 1.82) is 0 Å². The lowest BCUT2D eigenvalue weighted by Gasteiger charge is -2.37. The SMILES string of the molecule is C[C@H](NC(=O)CN1CCOCC1)C(=O)NC(C)(C(N)=O)[C@H](C[C@@H]1CCOC1)C(=O)[C@@]1(C)CO1. The molecule has 11 nitrogen and oxygen atoms in total. The highest BCUT2D eigenvalue weighted by molar-refractivity contribution is 6.01. The van der Waals surface area contributed by atoms with E-state index in [9.17, 15) is 19.2 Å². The highest BCUT2D eigenvalue weighted by Crippen LogP contribution is 2.38. The van der Waals surface area contributed by atoms with Gasteiger partial charge in [-0.3, -0.25) is 24.1 Å². The van der Waals surface area contributed by atoms with Crippen molar-refractivity contribution in [3.05, 3.63) is 0 Å². The van der Waals surface area contributed by atoms with Crippen LogP contribution in [0.25, 0.3) is 0 Å². The maximum Gasteiger partial charge on any atom is 0.243 e. The molecule has 5 atom stereocenters. The van der Waals surface area contributed by atoms with Gasteiger partial charge in [0, 0.05) is 26.3 Å². The van der Waals surface area contributed by atoms with Gasteiger partial charge in [0.1, 0.15) is 17.2 Å². The van der Waals surface area contributed by atoms with Gasteiger partial charge >= 0.3 is 0 Å². The largest absolute Gasteiger partial charge is 0.381 e. The van der Waals surface area contributed by atoms with Crippen LogP contribution in [0.3, 0.4) is 0 Å². The van der Waals surface area contributed by atoms with Gasteiger partial charge in [0.05, 0.1) is 32.3 Å². The number of ether oxygens (including phenoxy) is 3. The first-order valence-corrected chi connectivity index (χ1v) is 11.5. The molecular weight excluding hydrogens is 432 g/mol. The molecule has 0 aromatic carbocycles. The highest BCUT2D eigenvalue weighted by atomic mass is 16.6. The van der Waals surface area contributed by atoms with Gasteiger partial charge in [-0.25, -0.2) is 0 Å². The molecule has 3 amide bonds. The van der Waals surface area contributed by atoms with Gasteiger partial charge in [-0.2, -0.15) is 0 Å². The first-order valence-electron chi connectivity index (χ1n) is 11.5. The third kappa shape index (κ3) is 6.28. The molecule has 3 aliphatic heterocycles. The summed E-state index contributed by atoms with van der Waals surface area (Å²) in [6.07, 6.45) is 1.10. The minimum atomic E-state index is -1.64. The van der Waals surface area contributed by atoms with Gasteiger partial charge in [0.25, 0.3) is 0 Å². The van der Waals surface area contributed by atoms with Crippen molar-refractivity contribution in [2.45, 2.75) is 50.8 Å². The second kappa shape index (κ2) is 10.5. The molecule has 3 rings (SSSR count). The highest BCUT2D eigenvalue weighted by Gasteiger charge is 2.56. The summed E-state index contributed by atoms with van der Waals surface area (Å²) in [5, 5.41) is 5.33. The molecule has 3 heterocycles. The third-order valence-electron chi connectivity index (χ3n) is 6.84. The molecule has 0 aliphatic carbocycles. The van der Waals surface area contributed by atoms with Gasteiger partial charge in [0.15, 0.2) is 5.78 Å². The molecule has 0 radical (unpaired) electrons. The number of Topliss-reactive ketones (excluding diaryl/α,β-unsaturated/α-hetero) is 1.